The minimum absolute atomic E-state index is 0.407. The molecule has 3 heteroatoms. The van der Waals surface area contributed by atoms with E-state index < -0.39 is 0 Å². The minimum atomic E-state index is 0.407. The van der Waals surface area contributed by atoms with E-state index in [1.807, 2.05) is 12.3 Å². The molecule has 102 valence electrons. The van der Waals surface area contributed by atoms with E-state index in [0.717, 1.165) is 18.5 Å². The number of hydrogen-bond donors (Lipinski definition) is 1. The number of hydrogen-bond acceptors (Lipinski definition) is 3. The average molecular weight is 282 g/mol. The zero-order valence-electron chi connectivity index (χ0n) is 11.5. The summed E-state index contributed by atoms with van der Waals surface area (Å²) in [6.07, 6.45) is 2.87. The quantitative estimate of drug-likeness (QED) is 0.759. The summed E-state index contributed by atoms with van der Waals surface area (Å²) in [6, 6.07) is 13.1. The summed E-state index contributed by atoms with van der Waals surface area (Å²) < 4.78 is 0. The molecule has 0 aliphatic carbocycles. The van der Waals surface area contributed by atoms with E-state index in [2.05, 4.69) is 58.3 Å². The SMILES string of the molecule is CC(NCCc1cccc2cccnc12)c1ccsc1. The zero-order chi connectivity index (χ0) is 13.8. The third-order valence-corrected chi connectivity index (χ3v) is 4.31. The Morgan fingerprint density at radius 3 is 2.95 bits per heavy atom. The van der Waals surface area contributed by atoms with Crippen molar-refractivity contribution in [1.82, 2.24) is 10.3 Å². The fraction of sp³-hybridized carbons (Fsp3) is 0.235. The number of pyridine rings is 1. The number of nitrogens with one attached hydrogen (secondary N) is 1. The highest BCUT2D eigenvalue weighted by Crippen LogP contribution is 2.18. The van der Waals surface area contributed by atoms with Crippen molar-refractivity contribution in [1.29, 1.82) is 0 Å². The molecule has 2 nitrogen and oxygen atoms in total. The molecule has 0 bridgehead atoms. The predicted octanol–water partition coefficient (Wildman–Crippen LogP) is 4.19. The van der Waals surface area contributed by atoms with Gasteiger partial charge in [0.2, 0.25) is 0 Å². The van der Waals surface area contributed by atoms with Crippen molar-refractivity contribution in [3.63, 3.8) is 0 Å². The molecule has 0 fully saturated rings. The molecule has 2 heterocycles. The lowest BCUT2D eigenvalue weighted by molar-refractivity contribution is 0.579. The second-order valence-electron chi connectivity index (χ2n) is 4.97. The Bertz CT molecular complexity index is 671. The van der Waals surface area contributed by atoms with Crippen molar-refractivity contribution in [3.05, 3.63) is 64.5 Å². The van der Waals surface area contributed by atoms with E-state index in [1.54, 1.807) is 11.3 Å². The number of para-hydroxylation sites is 1. The number of thiophene rings is 1. The molecule has 1 unspecified atom stereocenters. The van der Waals surface area contributed by atoms with E-state index >= 15 is 0 Å². The molecule has 0 amide bonds. The van der Waals surface area contributed by atoms with Gasteiger partial charge in [-0.25, -0.2) is 0 Å². The Balaban J connectivity index is 1.66. The van der Waals surface area contributed by atoms with Crippen LogP contribution in [0.1, 0.15) is 24.1 Å². The highest BCUT2D eigenvalue weighted by atomic mass is 32.1. The van der Waals surface area contributed by atoms with Crippen molar-refractivity contribution >= 4 is 22.2 Å². The average Bonchev–Trinajstić information content (AvgIpc) is 3.02. The zero-order valence-corrected chi connectivity index (χ0v) is 12.4. The topological polar surface area (TPSA) is 24.9 Å². The fourth-order valence-corrected chi connectivity index (χ4v) is 3.19. The molecule has 3 rings (SSSR count). The van der Waals surface area contributed by atoms with Crippen molar-refractivity contribution in [2.45, 2.75) is 19.4 Å². The third-order valence-electron chi connectivity index (χ3n) is 3.60. The van der Waals surface area contributed by atoms with Crippen molar-refractivity contribution in [2.24, 2.45) is 0 Å². The van der Waals surface area contributed by atoms with Gasteiger partial charge in [0.25, 0.3) is 0 Å². The lowest BCUT2D eigenvalue weighted by Gasteiger charge is -2.13. The van der Waals surface area contributed by atoms with Crippen LogP contribution in [0.15, 0.2) is 53.4 Å². The van der Waals surface area contributed by atoms with Gasteiger partial charge >= 0.3 is 0 Å². The summed E-state index contributed by atoms with van der Waals surface area (Å²) in [4.78, 5) is 4.50. The Morgan fingerprint density at radius 1 is 1.20 bits per heavy atom. The van der Waals surface area contributed by atoms with Crippen LogP contribution in [0.2, 0.25) is 0 Å². The maximum Gasteiger partial charge on any atom is 0.0734 e. The van der Waals surface area contributed by atoms with Gasteiger partial charge in [-0.15, -0.1) is 0 Å². The normalized spacial score (nSPS) is 12.7. The molecule has 0 saturated heterocycles. The van der Waals surface area contributed by atoms with E-state index in [9.17, 15) is 0 Å². The van der Waals surface area contributed by atoms with Crippen LogP contribution in [0.4, 0.5) is 0 Å². The molecule has 2 aromatic heterocycles. The molecule has 0 aliphatic heterocycles. The van der Waals surface area contributed by atoms with Gasteiger partial charge in [0.05, 0.1) is 5.52 Å². The summed E-state index contributed by atoms with van der Waals surface area (Å²) in [5, 5.41) is 9.13. The van der Waals surface area contributed by atoms with Crippen LogP contribution >= 0.6 is 11.3 Å². The first-order chi connectivity index (χ1) is 9.84. The van der Waals surface area contributed by atoms with Gasteiger partial charge in [-0.3, -0.25) is 4.98 Å². The number of aromatic nitrogens is 1. The van der Waals surface area contributed by atoms with Gasteiger partial charge < -0.3 is 5.32 Å². The van der Waals surface area contributed by atoms with Crippen LogP contribution in [0.25, 0.3) is 10.9 Å². The Labute approximate surface area is 123 Å². The largest absolute Gasteiger partial charge is 0.310 e. The first-order valence-electron chi connectivity index (χ1n) is 6.93. The molecule has 20 heavy (non-hydrogen) atoms. The monoisotopic (exact) mass is 282 g/mol. The molecule has 3 aromatic rings. The fourth-order valence-electron chi connectivity index (χ4n) is 2.43. The van der Waals surface area contributed by atoms with E-state index in [1.165, 1.54) is 16.5 Å². The second-order valence-corrected chi connectivity index (χ2v) is 5.75. The van der Waals surface area contributed by atoms with Crippen LogP contribution in [0.3, 0.4) is 0 Å². The highest BCUT2D eigenvalue weighted by Gasteiger charge is 2.06. The van der Waals surface area contributed by atoms with Gasteiger partial charge in [-0.1, -0.05) is 24.3 Å². The molecule has 0 spiro atoms. The summed E-state index contributed by atoms with van der Waals surface area (Å²) in [6.45, 7) is 3.18. The molecular weight excluding hydrogens is 264 g/mol. The van der Waals surface area contributed by atoms with Crippen LogP contribution in [-0.4, -0.2) is 11.5 Å². The molecule has 0 saturated carbocycles. The maximum atomic E-state index is 4.50. The summed E-state index contributed by atoms with van der Waals surface area (Å²) in [7, 11) is 0. The third kappa shape index (κ3) is 2.89. The predicted molar refractivity (Wildman–Crippen MR) is 86.2 cm³/mol. The van der Waals surface area contributed by atoms with Gasteiger partial charge in [0, 0.05) is 17.6 Å². The molecular formula is C17H18N2S. The van der Waals surface area contributed by atoms with Crippen LogP contribution in [0.5, 0.6) is 0 Å². The number of fused-ring (bicyclic) bond motifs is 1. The lowest BCUT2D eigenvalue weighted by atomic mass is 10.1. The highest BCUT2D eigenvalue weighted by molar-refractivity contribution is 7.07. The van der Waals surface area contributed by atoms with Crippen LogP contribution in [0, 0.1) is 0 Å². The standard InChI is InChI=1S/C17H18N2S/c1-13(16-8-11-20-12-16)18-10-7-15-5-2-4-14-6-3-9-19-17(14)15/h2-6,8-9,11-13,18H,7,10H2,1H3. The maximum absolute atomic E-state index is 4.50. The van der Waals surface area contributed by atoms with Gasteiger partial charge in [0.1, 0.15) is 0 Å². The summed E-state index contributed by atoms with van der Waals surface area (Å²) >= 11 is 1.75. The van der Waals surface area contributed by atoms with E-state index in [4.69, 9.17) is 0 Å². The Kier molecular flexibility index (Phi) is 4.09. The lowest BCUT2D eigenvalue weighted by Crippen LogP contribution is -2.21. The molecule has 0 aliphatic rings. The molecule has 1 atom stereocenters. The van der Waals surface area contributed by atoms with E-state index in [0.29, 0.717) is 6.04 Å². The van der Waals surface area contributed by atoms with Gasteiger partial charge in [-0.05, 0) is 53.9 Å². The number of rotatable bonds is 5. The minimum Gasteiger partial charge on any atom is -0.310 e. The summed E-state index contributed by atoms with van der Waals surface area (Å²) in [5.74, 6) is 0. The first-order valence-corrected chi connectivity index (χ1v) is 7.87. The van der Waals surface area contributed by atoms with Crippen LogP contribution in [-0.2, 0) is 6.42 Å². The Hall–Kier alpha value is -1.71. The number of benzene rings is 1. The molecule has 0 radical (unpaired) electrons. The Morgan fingerprint density at radius 2 is 2.10 bits per heavy atom. The van der Waals surface area contributed by atoms with Gasteiger partial charge in [-0.2, -0.15) is 11.3 Å². The molecule has 1 aromatic carbocycles. The van der Waals surface area contributed by atoms with E-state index in [-0.39, 0.29) is 0 Å². The van der Waals surface area contributed by atoms with Gasteiger partial charge in [0.15, 0.2) is 0 Å². The van der Waals surface area contributed by atoms with Crippen molar-refractivity contribution in [3.8, 4) is 0 Å². The smallest absolute Gasteiger partial charge is 0.0734 e. The molecule has 1 N–H and O–H groups in total. The van der Waals surface area contributed by atoms with Crippen molar-refractivity contribution < 1.29 is 0 Å². The summed E-state index contributed by atoms with van der Waals surface area (Å²) in [5.41, 5.74) is 3.80. The van der Waals surface area contributed by atoms with Crippen molar-refractivity contribution in [2.75, 3.05) is 6.54 Å². The first kappa shape index (κ1) is 13.3. The van der Waals surface area contributed by atoms with Crippen LogP contribution < -0.4 is 5.32 Å². The second kappa shape index (κ2) is 6.16. The number of nitrogens with zero attached hydrogens (tertiary/aromatic N) is 1.